The summed E-state index contributed by atoms with van der Waals surface area (Å²) in [6.07, 6.45) is 4.63. The Morgan fingerprint density at radius 2 is 2.00 bits per heavy atom. The number of aromatic nitrogens is 4. The predicted molar refractivity (Wildman–Crippen MR) is 89.1 cm³/mol. The van der Waals surface area contributed by atoms with Gasteiger partial charge in [0.2, 0.25) is 0 Å². The molecule has 1 N–H and O–H groups in total. The summed E-state index contributed by atoms with van der Waals surface area (Å²) >= 11 is 0. The van der Waals surface area contributed by atoms with Crippen LogP contribution in [-0.2, 0) is 6.54 Å². The number of para-hydroxylation sites is 1. The molecule has 122 valence electrons. The number of amides is 1. The van der Waals surface area contributed by atoms with Gasteiger partial charge < -0.3 is 5.32 Å². The first-order chi connectivity index (χ1) is 11.7. The van der Waals surface area contributed by atoms with Crippen LogP contribution in [-0.4, -0.2) is 31.8 Å². The van der Waals surface area contributed by atoms with Crippen LogP contribution in [0.1, 0.15) is 16.1 Å². The van der Waals surface area contributed by atoms with E-state index in [9.17, 15) is 9.59 Å². The van der Waals surface area contributed by atoms with Crippen LogP contribution in [0.5, 0.6) is 0 Å². The van der Waals surface area contributed by atoms with Crippen LogP contribution in [0, 0.1) is 6.92 Å². The van der Waals surface area contributed by atoms with E-state index in [1.165, 1.54) is 10.8 Å². The maximum Gasteiger partial charge on any atom is 0.347 e. The summed E-state index contributed by atoms with van der Waals surface area (Å²) < 4.78 is 3.17. The number of nitrogens with zero attached hydrogens (tertiary/aromatic N) is 4. The van der Waals surface area contributed by atoms with Gasteiger partial charge in [-0.1, -0.05) is 18.2 Å². The van der Waals surface area contributed by atoms with Gasteiger partial charge in [0.25, 0.3) is 5.91 Å². The minimum atomic E-state index is -0.333. The van der Waals surface area contributed by atoms with Crippen molar-refractivity contribution in [2.45, 2.75) is 13.5 Å². The van der Waals surface area contributed by atoms with Crippen molar-refractivity contribution in [3.05, 3.63) is 76.7 Å². The number of hydrogen-bond donors (Lipinski definition) is 1. The third-order valence-corrected chi connectivity index (χ3v) is 3.68. The lowest BCUT2D eigenvalue weighted by atomic mass is 10.2. The monoisotopic (exact) mass is 323 g/mol. The molecule has 0 saturated carbocycles. The van der Waals surface area contributed by atoms with Gasteiger partial charge in [0.15, 0.2) is 0 Å². The molecule has 2 aromatic heterocycles. The number of rotatable bonds is 5. The van der Waals surface area contributed by atoms with Gasteiger partial charge in [-0.15, -0.1) is 0 Å². The predicted octanol–water partition coefficient (Wildman–Crippen LogP) is 1.17. The van der Waals surface area contributed by atoms with E-state index in [4.69, 9.17) is 0 Å². The highest BCUT2D eigenvalue weighted by Gasteiger charge is 2.14. The van der Waals surface area contributed by atoms with E-state index in [1.54, 1.807) is 23.1 Å². The molecular formula is C17H17N5O2. The largest absolute Gasteiger partial charge is 0.350 e. The molecule has 1 aromatic carbocycles. The first kappa shape index (κ1) is 15.7. The van der Waals surface area contributed by atoms with Gasteiger partial charge in [-0.25, -0.2) is 14.5 Å². The Morgan fingerprint density at radius 3 is 2.75 bits per heavy atom. The minimum absolute atomic E-state index is 0.216. The standard InChI is InChI=1S/C17H17N5O2/c1-13-15(12-20-22(13)14-6-3-2-4-7-14)16(23)18-9-11-21-10-5-8-19-17(21)24/h2-8,10,12H,9,11H2,1H3,(H,18,23). The van der Waals surface area contributed by atoms with E-state index in [0.29, 0.717) is 18.7 Å². The molecule has 0 saturated heterocycles. The molecule has 0 spiro atoms. The van der Waals surface area contributed by atoms with Crippen molar-refractivity contribution in [1.82, 2.24) is 24.6 Å². The summed E-state index contributed by atoms with van der Waals surface area (Å²) in [5.74, 6) is -0.216. The number of carbonyl (C=O) groups is 1. The van der Waals surface area contributed by atoms with Gasteiger partial charge >= 0.3 is 5.69 Å². The van der Waals surface area contributed by atoms with Crippen LogP contribution in [0.25, 0.3) is 5.69 Å². The second-order valence-corrected chi connectivity index (χ2v) is 5.24. The lowest BCUT2D eigenvalue weighted by molar-refractivity contribution is 0.0951. The van der Waals surface area contributed by atoms with Crippen molar-refractivity contribution in [1.29, 1.82) is 0 Å². The van der Waals surface area contributed by atoms with Gasteiger partial charge in [-0.05, 0) is 25.1 Å². The zero-order chi connectivity index (χ0) is 16.9. The quantitative estimate of drug-likeness (QED) is 0.764. The van der Waals surface area contributed by atoms with Gasteiger partial charge in [0.1, 0.15) is 0 Å². The van der Waals surface area contributed by atoms with Crippen LogP contribution >= 0.6 is 0 Å². The zero-order valence-corrected chi connectivity index (χ0v) is 13.2. The third-order valence-electron chi connectivity index (χ3n) is 3.68. The maximum absolute atomic E-state index is 12.3. The molecule has 0 radical (unpaired) electrons. The second-order valence-electron chi connectivity index (χ2n) is 5.24. The van der Waals surface area contributed by atoms with Crippen molar-refractivity contribution in [3.63, 3.8) is 0 Å². The van der Waals surface area contributed by atoms with Crippen LogP contribution in [0.3, 0.4) is 0 Å². The minimum Gasteiger partial charge on any atom is -0.350 e. The topological polar surface area (TPSA) is 81.8 Å². The van der Waals surface area contributed by atoms with Gasteiger partial charge in [0, 0.05) is 25.5 Å². The molecule has 7 heteroatoms. The highest BCUT2D eigenvalue weighted by Crippen LogP contribution is 2.13. The fraction of sp³-hybridized carbons (Fsp3) is 0.176. The summed E-state index contributed by atoms with van der Waals surface area (Å²) in [5.41, 5.74) is 1.84. The molecule has 0 unspecified atom stereocenters. The summed E-state index contributed by atoms with van der Waals surface area (Å²) in [4.78, 5) is 27.5. The van der Waals surface area contributed by atoms with E-state index in [-0.39, 0.29) is 11.6 Å². The molecule has 0 aliphatic carbocycles. The number of carbonyl (C=O) groups excluding carboxylic acids is 1. The van der Waals surface area contributed by atoms with Crippen molar-refractivity contribution >= 4 is 5.91 Å². The Morgan fingerprint density at radius 1 is 1.21 bits per heavy atom. The van der Waals surface area contributed by atoms with E-state index in [2.05, 4.69) is 15.4 Å². The van der Waals surface area contributed by atoms with Gasteiger partial charge in [-0.2, -0.15) is 5.10 Å². The Kier molecular flexibility index (Phi) is 4.51. The molecule has 0 atom stereocenters. The Balaban J connectivity index is 1.67. The maximum atomic E-state index is 12.3. The fourth-order valence-electron chi connectivity index (χ4n) is 2.40. The first-order valence-electron chi connectivity index (χ1n) is 7.56. The molecule has 3 aromatic rings. The molecule has 7 nitrogen and oxygen atoms in total. The zero-order valence-electron chi connectivity index (χ0n) is 13.2. The Hall–Kier alpha value is -3.22. The summed E-state index contributed by atoms with van der Waals surface area (Å²) in [5, 5.41) is 7.08. The van der Waals surface area contributed by atoms with Crippen LogP contribution < -0.4 is 11.0 Å². The average Bonchev–Trinajstić information content (AvgIpc) is 2.99. The molecule has 0 aliphatic heterocycles. The van der Waals surface area contributed by atoms with Crippen LogP contribution in [0.4, 0.5) is 0 Å². The Bertz CT molecular complexity index is 899. The van der Waals surface area contributed by atoms with Crippen molar-refractivity contribution in [2.24, 2.45) is 0 Å². The third kappa shape index (κ3) is 3.24. The Labute approximate surface area is 138 Å². The SMILES string of the molecule is Cc1c(C(=O)NCCn2cccnc2=O)cnn1-c1ccccc1. The van der Waals surface area contributed by atoms with Crippen molar-refractivity contribution in [2.75, 3.05) is 6.54 Å². The van der Waals surface area contributed by atoms with Gasteiger partial charge in [0.05, 0.1) is 23.1 Å². The average molecular weight is 323 g/mol. The molecular weight excluding hydrogens is 306 g/mol. The number of hydrogen-bond acceptors (Lipinski definition) is 4. The summed E-state index contributed by atoms with van der Waals surface area (Å²) in [6, 6.07) is 11.3. The molecule has 2 heterocycles. The fourth-order valence-corrected chi connectivity index (χ4v) is 2.40. The van der Waals surface area contributed by atoms with E-state index in [1.807, 2.05) is 37.3 Å². The molecule has 0 bridgehead atoms. The lowest BCUT2D eigenvalue weighted by Gasteiger charge is -2.07. The summed E-state index contributed by atoms with van der Waals surface area (Å²) in [6.45, 7) is 2.55. The smallest absolute Gasteiger partial charge is 0.347 e. The van der Waals surface area contributed by atoms with E-state index in [0.717, 1.165) is 11.4 Å². The number of nitrogens with one attached hydrogen (secondary N) is 1. The molecule has 0 fully saturated rings. The lowest BCUT2D eigenvalue weighted by Crippen LogP contribution is -2.31. The molecule has 0 aliphatic rings. The van der Waals surface area contributed by atoms with Crippen LogP contribution in [0.15, 0.2) is 59.8 Å². The molecule has 24 heavy (non-hydrogen) atoms. The molecule has 1 amide bonds. The summed E-state index contributed by atoms with van der Waals surface area (Å²) in [7, 11) is 0. The first-order valence-corrected chi connectivity index (χ1v) is 7.56. The van der Waals surface area contributed by atoms with Gasteiger partial charge in [-0.3, -0.25) is 9.36 Å². The van der Waals surface area contributed by atoms with Crippen molar-refractivity contribution in [3.8, 4) is 5.69 Å². The number of benzene rings is 1. The highest BCUT2D eigenvalue weighted by atomic mass is 16.2. The normalized spacial score (nSPS) is 10.5. The second kappa shape index (κ2) is 6.91. The van der Waals surface area contributed by atoms with Crippen LogP contribution in [0.2, 0.25) is 0 Å². The highest BCUT2D eigenvalue weighted by molar-refractivity contribution is 5.95. The van der Waals surface area contributed by atoms with Crippen molar-refractivity contribution < 1.29 is 4.79 Å². The van der Waals surface area contributed by atoms with E-state index >= 15 is 0 Å². The molecule has 3 rings (SSSR count). The van der Waals surface area contributed by atoms with E-state index < -0.39 is 0 Å².